The van der Waals surface area contributed by atoms with E-state index in [4.69, 9.17) is 4.74 Å². The Bertz CT molecular complexity index is 667. The van der Waals surface area contributed by atoms with Crippen LogP contribution in [0.15, 0.2) is 29.3 Å². The lowest BCUT2D eigenvalue weighted by Gasteiger charge is -2.32. The van der Waals surface area contributed by atoms with Gasteiger partial charge >= 0.3 is 0 Å². The van der Waals surface area contributed by atoms with E-state index in [9.17, 15) is 0 Å². The molecular weight excluding hydrogens is 513 g/mol. The number of rotatable bonds is 10. The minimum atomic E-state index is 0. The van der Waals surface area contributed by atoms with E-state index in [-0.39, 0.29) is 24.0 Å². The summed E-state index contributed by atoms with van der Waals surface area (Å²) in [4.78, 5) is 9.39. The fourth-order valence-corrected chi connectivity index (χ4v) is 4.78. The average Bonchev–Trinajstić information content (AvgIpc) is 3.26. The highest BCUT2D eigenvalue weighted by atomic mass is 127. The average molecular weight is 558 g/mol. The van der Waals surface area contributed by atoms with Crippen molar-refractivity contribution in [3.63, 3.8) is 0 Å². The smallest absolute Gasteiger partial charge is 0.191 e. The first-order valence-corrected chi connectivity index (χ1v) is 12.1. The number of piperazine rings is 1. The number of aliphatic imine (C=N–C) groups is 1. The van der Waals surface area contributed by atoms with E-state index in [1.54, 1.807) is 0 Å². The summed E-state index contributed by atoms with van der Waals surface area (Å²) in [6.45, 7) is 11.2. The molecule has 1 aliphatic heterocycles. The van der Waals surface area contributed by atoms with Gasteiger partial charge in [-0.2, -0.15) is 0 Å². The van der Waals surface area contributed by atoms with E-state index in [2.05, 4.69) is 63.7 Å². The van der Waals surface area contributed by atoms with Crippen molar-refractivity contribution in [2.45, 2.75) is 52.1 Å². The van der Waals surface area contributed by atoms with Gasteiger partial charge in [-0.3, -0.25) is 9.89 Å². The van der Waals surface area contributed by atoms with Crippen molar-refractivity contribution in [3.8, 4) is 0 Å². The maximum atomic E-state index is 5.64. The molecule has 0 atom stereocenters. The molecular formula is C25H44IN5O. The van der Waals surface area contributed by atoms with E-state index in [1.807, 2.05) is 7.05 Å². The number of guanidine groups is 1. The fourth-order valence-electron chi connectivity index (χ4n) is 4.78. The molecule has 0 unspecified atom stereocenters. The van der Waals surface area contributed by atoms with Gasteiger partial charge in [-0.15, -0.1) is 24.0 Å². The summed E-state index contributed by atoms with van der Waals surface area (Å²) in [7, 11) is 4.06. The standard InChI is InChI=1S/C25H43N5O.HI/c1-4-31-18-13-25(11-5-6-12-25)21-28-24(26-2)27-19-22-7-9-23(10-8-22)20-30-16-14-29(3)15-17-30;/h7-10H,4-6,11-21H2,1-3H3,(H2,26,27,28);1H. The largest absolute Gasteiger partial charge is 0.382 e. The van der Waals surface area contributed by atoms with E-state index in [0.29, 0.717) is 5.41 Å². The zero-order valence-corrected chi connectivity index (χ0v) is 22.7. The number of halogens is 1. The molecule has 1 aromatic carbocycles. The van der Waals surface area contributed by atoms with Gasteiger partial charge in [0.1, 0.15) is 0 Å². The maximum absolute atomic E-state index is 5.64. The number of ether oxygens (including phenoxy) is 1. The number of likely N-dealkylation sites (N-methyl/N-ethyl adjacent to an activating group) is 1. The van der Waals surface area contributed by atoms with Crippen molar-refractivity contribution in [2.75, 3.05) is 60.0 Å². The van der Waals surface area contributed by atoms with E-state index < -0.39 is 0 Å². The van der Waals surface area contributed by atoms with Gasteiger partial charge in [-0.1, -0.05) is 37.1 Å². The van der Waals surface area contributed by atoms with Crippen molar-refractivity contribution in [1.29, 1.82) is 0 Å². The minimum absolute atomic E-state index is 0. The summed E-state index contributed by atoms with van der Waals surface area (Å²) in [5, 5.41) is 7.08. The summed E-state index contributed by atoms with van der Waals surface area (Å²) in [5.74, 6) is 0.893. The Morgan fingerprint density at radius 3 is 2.31 bits per heavy atom. The second-order valence-corrected chi connectivity index (χ2v) is 9.33. The van der Waals surface area contributed by atoms with Gasteiger partial charge < -0.3 is 20.3 Å². The lowest BCUT2D eigenvalue weighted by Crippen LogP contribution is -2.43. The fraction of sp³-hybridized carbons (Fsp3) is 0.720. The van der Waals surface area contributed by atoms with Crippen molar-refractivity contribution in [1.82, 2.24) is 20.4 Å². The lowest BCUT2D eigenvalue weighted by atomic mass is 9.83. The van der Waals surface area contributed by atoms with Crippen LogP contribution in [0.5, 0.6) is 0 Å². The van der Waals surface area contributed by atoms with Crippen LogP contribution in [0, 0.1) is 5.41 Å². The van der Waals surface area contributed by atoms with Gasteiger partial charge in [0.2, 0.25) is 0 Å². The Morgan fingerprint density at radius 1 is 1.03 bits per heavy atom. The Hall–Kier alpha value is -0.900. The molecule has 0 bridgehead atoms. The molecule has 182 valence electrons. The van der Waals surface area contributed by atoms with Gasteiger partial charge in [0.05, 0.1) is 0 Å². The SMILES string of the molecule is CCOCCC1(CNC(=NC)NCc2ccc(CN3CCN(C)CC3)cc2)CCCC1.I. The Morgan fingerprint density at radius 2 is 1.69 bits per heavy atom. The van der Waals surface area contributed by atoms with Crippen LogP contribution in [0.2, 0.25) is 0 Å². The molecule has 2 N–H and O–H groups in total. The van der Waals surface area contributed by atoms with Gasteiger partial charge in [-0.05, 0) is 49.8 Å². The van der Waals surface area contributed by atoms with E-state index in [0.717, 1.165) is 58.3 Å². The summed E-state index contributed by atoms with van der Waals surface area (Å²) >= 11 is 0. The first-order chi connectivity index (χ1) is 15.1. The normalized spacial score (nSPS) is 19.5. The van der Waals surface area contributed by atoms with Crippen molar-refractivity contribution < 1.29 is 4.74 Å². The Labute approximate surface area is 212 Å². The van der Waals surface area contributed by atoms with Crippen LogP contribution < -0.4 is 10.6 Å². The van der Waals surface area contributed by atoms with Crippen LogP contribution in [-0.2, 0) is 17.8 Å². The van der Waals surface area contributed by atoms with Gasteiger partial charge in [0.25, 0.3) is 0 Å². The molecule has 0 amide bonds. The molecule has 1 aliphatic carbocycles. The maximum Gasteiger partial charge on any atom is 0.191 e. The van der Waals surface area contributed by atoms with Crippen LogP contribution in [0.1, 0.15) is 50.2 Å². The topological polar surface area (TPSA) is 52.1 Å². The highest BCUT2D eigenvalue weighted by Gasteiger charge is 2.33. The zero-order chi connectivity index (χ0) is 21.9. The summed E-state index contributed by atoms with van der Waals surface area (Å²) in [5.41, 5.74) is 3.04. The third kappa shape index (κ3) is 8.80. The number of nitrogens with one attached hydrogen (secondary N) is 2. The summed E-state index contributed by atoms with van der Waals surface area (Å²) in [6, 6.07) is 9.03. The second kappa shape index (κ2) is 14.4. The zero-order valence-electron chi connectivity index (χ0n) is 20.4. The van der Waals surface area contributed by atoms with Crippen molar-refractivity contribution in [3.05, 3.63) is 35.4 Å². The third-order valence-electron chi connectivity index (χ3n) is 6.98. The van der Waals surface area contributed by atoms with E-state index in [1.165, 1.54) is 49.9 Å². The Kier molecular flexibility index (Phi) is 12.3. The molecule has 2 fully saturated rings. The molecule has 1 saturated carbocycles. The van der Waals surface area contributed by atoms with Crippen LogP contribution in [0.3, 0.4) is 0 Å². The molecule has 7 heteroatoms. The highest BCUT2D eigenvalue weighted by molar-refractivity contribution is 14.0. The van der Waals surface area contributed by atoms with Crippen LogP contribution >= 0.6 is 24.0 Å². The molecule has 6 nitrogen and oxygen atoms in total. The molecule has 32 heavy (non-hydrogen) atoms. The van der Waals surface area contributed by atoms with Gasteiger partial charge in [0.15, 0.2) is 5.96 Å². The molecule has 2 aliphatic rings. The van der Waals surface area contributed by atoms with Gasteiger partial charge in [-0.25, -0.2) is 0 Å². The second-order valence-electron chi connectivity index (χ2n) is 9.33. The molecule has 3 rings (SSSR count). The van der Waals surface area contributed by atoms with Crippen LogP contribution in [-0.4, -0.2) is 75.8 Å². The first-order valence-electron chi connectivity index (χ1n) is 12.1. The monoisotopic (exact) mass is 557 g/mol. The van der Waals surface area contributed by atoms with Crippen LogP contribution in [0.25, 0.3) is 0 Å². The Balaban J connectivity index is 0.00000363. The van der Waals surface area contributed by atoms with Crippen molar-refractivity contribution >= 4 is 29.9 Å². The first kappa shape index (κ1) is 27.3. The van der Waals surface area contributed by atoms with Crippen LogP contribution in [0.4, 0.5) is 0 Å². The molecule has 0 aromatic heterocycles. The molecule has 1 aromatic rings. The molecule has 1 heterocycles. The molecule has 0 radical (unpaired) electrons. The van der Waals surface area contributed by atoms with Gasteiger partial charge in [0, 0.05) is 66.1 Å². The third-order valence-corrected chi connectivity index (χ3v) is 6.98. The molecule has 1 saturated heterocycles. The number of benzene rings is 1. The van der Waals surface area contributed by atoms with Crippen molar-refractivity contribution in [2.24, 2.45) is 10.4 Å². The predicted molar refractivity (Wildman–Crippen MR) is 145 cm³/mol. The minimum Gasteiger partial charge on any atom is -0.382 e. The highest BCUT2D eigenvalue weighted by Crippen LogP contribution is 2.40. The van der Waals surface area contributed by atoms with E-state index >= 15 is 0 Å². The molecule has 0 spiro atoms. The lowest BCUT2D eigenvalue weighted by molar-refractivity contribution is 0.105. The number of hydrogen-bond donors (Lipinski definition) is 2. The number of nitrogens with zero attached hydrogens (tertiary/aromatic N) is 3. The number of hydrogen-bond acceptors (Lipinski definition) is 4. The summed E-state index contributed by atoms with van der Waals surface area (Å²) < 4.78 is 5.64. The predicted octanol–water partition coefficient (Wildman–Crippen LogP) is 3.70. The quantitative estimate of drug-likeness (QED) is 0.199. The summed E-state index contributed by atoms with van der Waals surface area (Å²) in [6.07, 6.45) is 6.39.